The van der Waals surface area contributed by atoms with E-state index in [1.165, 1.54) is 0 Å². The van der Waals surface area contributed by atoms with E-state index in [1.54, 1.807) is 24.3 Å². The zero-order chi connectivity index (χ0) is 7.40. The largest absolute Gasteiger partial charge is 1.00 e. The van der Waals surface area contributed by atoms with Crippen molar-refractivity contribution in [2.24, 2.45) is 0 Å². The van der Waals surface area contributed by atoms with Crippen molar-refractivity contribution in [3.05, 3.63) is 30.3 Å². The summed E-state index contributed by atoms with van der Waals surface area (Å²) >= 11 is 0. The predicted molar refractivity (Wildman–Crippen MR) is 39.5 cm³/mol. The fraction of sp³-hybridized carbons (Fsp3) is 0. The minimum absolute atomic E-state index is 0. The first kappa shape index (κ1) is 11.0. The molecule has 11 heavy (non-hydrogen) atoms. The van der Waals surface area contributed by atoms with Crippen LogP contribution in [-0.4, -0.2) is 9.79 Å². The SMILES string of the molecule is OP(O)Oc1ccccc1.[H-].[Li+]. The fourth-order valence-electron chi connectivity index (χ4n) is 0.576. The Morgan fingerprint density at radius 3 is 2.18 bits per heavy atom. The molecule has 0 saturated heterocycles. The monoisotopic (exact) mass is 166 g/mol. The molecule has 0 unspecified atom stereocenters. The minimum Gasteiger partial charge on any atom is -1.00 e. The van der Waals surface area contributed by atoms with Gasteiger partial charge in [-0.3, -0.25) is 0 Å². The number of benzene rings is 1. The van der Waals surface area contributed by atoms with E-state index < -0.39 is 8.60 Å². The first-order chi connectivity index (χ1) is 4.79. The molecule has 3 nitrogen and oxygen atoms in total. The van der Waals surface area contributed by atoms with Gasteiger partial charge in [-0.15, -0.1) is 0 Å². The van der Waals surface area contributed by atoms with Gasteiger partial charge in [-0.25, -0.2) is 0 Å². The average Bonchev–Trinajstić information content (AvgIpc) is 1.88. The molecule has 1 aromatic carbocycles. The predicted octanol–water partition coefficient (Wildman–Crippen LogP) is -1.61. The van der Waals surface area contributed by atoms with E-state index in [0.717, 1.165) is 0 Å². The van der Waals surface area contributed by atoms with Gasteiger partial charge in [0.1, 0.15) is 5.75 Å². The van der Waals surface area contributed by atoms with Crippen molar-refractivity contribution in [3.63, 3.8) is 0 Å². The molecule has 0 aliphatic rings. The van der Waals surface area contributed by atoms with E-state index in [9.17, 15) is 0 Å². The maximum absolute atomic E-state index is 8.40. The normalized spacial score (nSPS) is 9.00. The van der Waals surface area contributed by atoms with Gasteiger partial charge in [-0.1, -0.05) is 18.2 Å². The van der Waals surface area contributed by atoms with Crippen molar-refractivity contribution in [1.82, 2.24) is 0 Å². The van der Waals surface area contributed by atoms with Gasteiger partial charge >= 0.3 is 27.5 Å². The molecule has 0 saturated carbocycles. The zero-order valence-corrected chi connectivity index (χ0v) is 7.03. The van der Waals surface area contributed by atoms with Crippen molar-refractivity contribution in [2.45, 2.75) is 0 Å². The van der Waals surface area contributed by atoms with Gasteiger partial charge in [0.05, 0.1) is 0 Å². The quantitative estimate of drug-likeness (QED) is 0.410. The molecule has 0 spiro atoms. The standard InChI is InChI=1S/C6H7O3P.Li.H/c7-10(8)9-6-4-2-1-3-5-6;;/h1-5,7-8H;;/q;+1;-1. The first-order valence-electron chi connectivity index (χ1n) is 2.70. The summed E-state index contributed by atoms with van der Waals surface area (Å²) in [6, 6.07) is 8.65. The Kier molecular flexibility index (Phi) is 5.58. The number of hydrogen-bond donors (Lipinski definition) is 2. The molecule has 2 N–H and O–H groups in total. The van der Waals surface area contributed by atoms with Crippen LogP contribution in [-0.2, 0) is 0 Å². The summed E-state index contributed by atoms with van der Waals surface area (Å²) in [4.78, 5) is 16.8. The van der Waals surface area contributed by atoms with Gasteiger partial charge < -0.3 is 15.7 Å². The van der Waals surface area contributed by atoms with E-state index in [0.29, 0.717) is 5.75 Å². The van der Waals surface area contributed by atoms with Gasteiger partial charge in [-0.2, -0.15) is 0 Å². The minimum atomic E-state index is -2.28. The molecule has 0 aliphatic carbocycles. The summed E-state index contributed by atoms with van der Waals surface area (Å²) in [6.07, 6.45) is 0. The van der Waals surface area contributed by atoms with Gasteiger partial charge in [0.2, 0.25) is 0 Å². The van der Waals surface area contributed by atoms with Crippen LogP contribution in [0.15, 0.2) is 30.3 Å². The molecule has 0 heterocycles. The summed E-state index contributed by atoms with van der Waals surface area (Å²) in [5, 5.41) is 0. The molecule has 1 aromatic rings. The number of rotatable bonds is 2. The van der Waals surface area contributed by atoms with E-state index in [2.05, 4.69) is 4.52 Å². The Hall–Kier alpha value is -0.0326. The van der Waals surface area contributed by atoms with Crippen LogP contribution in [0.4, 0.5) is 0 Å². The summed E-state index contributed by atoms with van der Waals surface area (Å²) in [5.74, 6) is 0.471. The smallest absolute Gasteiger partial charge is 1.00 e. The molecular formula is C6H8LiO3P. The Balaban J connectivity index is 0. The van der Waals surface area contributed by atoms with Crippen LogP contribution in [0.2, 0.25) is 0 Å². The van der Waals surface area contributed by atoms with Crippen molar-refractivity contribution in [3.8, 4) is 5.75 Å². The van der Waals surface area contributed by atoms with Crippen LogP contribution in [0.5, 0.6) is 5.75 Å². The second-order valence-corrected chi connectivity index (χ2v) is 2.35. The van der Waals surface area contributed by atoms with Gasteiger partial charge in [0, 0.05) is 0 Å². The third kappa shape index (κ3) is 4.42. The van der Waals surface area contributed by atoms with Crippen LogP contribution >= 0.6 is 8.60 Å². The van der Waals surface area contributed by atoms with Crippen molar-refractivity contribution >= 4 is 8.60 Å². The molecule has 0 bridgehead atoms. The molecule has 56 valence electrons. The van der Waals surface area contributed by atoms with Gasteiger partial charge in [-0.05, 0) is 12.1 Å². The average molecular weight is 166 g/mol. The van der Waals surface area contributed by atoms with Crippen LogP contribution in [0, 0.1) is 0 Å². The number of hydrogen-bond acceptors (Lipinski definition) is 3. The third-order valence-corrected chi connectivity index (χ3v) is 1.30. The Bertz CT molecular complexity index is 197. The summed E-state index contributed by atoms with van der Waals surface area (Å²) in [7, 11) is -2.28. The second-order valence-electron chi connectivity index (χ2n) is 1.66. The molecule has 0 aromatic heterocycles. The maximum Gasteiger partial charge on any atom is 1.00 e. The van der Waals surface area contributed by atoms with E-state index in [-0.39, 0.29) is 20.3 Å². The Labute approximate surface area is 79.7 Å². The van der Waals surface area contributed by atoms with Crippen LogP contribution in [0.3, 0.4) is 0 Å². The van der Waals surface area contributed by atoms with Crippen molar-refractivity contribution < 1.29 is 34.6 Å². The van der Waals surface area contributed by atoms with Crippen LogP contribution in [0.25, 0.3) is 0 Å². The van der Waals surface area contributed by atoms with Crippen molar-refractivity contribution in [2.75, 3.05) is 0 Å². The summed E-state index contributed by atoms with van der Waals surface area (Å²) < 4.78 is 4.59. The third-order valence-electron chi connectivity index (χ3n) is 0.930. The van der Waals surface area contributed by atoms with Crippen molar-refractivity contribution in [1.29, 1.82) is 0 Å². The molecule has 0 fully saturated rings. The molecular weight excluding hydrogens is 158 g/mol. The topological polar surface area (TPSA) is 49.7 Å². The summed E-state index contributed by atoms with van der Waals surface area (Å²) in [5.41, 5.74) is 0. The molecule has 0 atom stereocenters. The second kappa shape index (κ2) is 5.60. The summed E-state index contributed by atoms with van der Waals surface area (Å²) in [6.45, 7) is 0. The molecule has 5 heteroatoms. The van der Waals surface area contributed by atoms with E-state index >= 15 is 0 Å². The van der Waals surface area contributed by atoms with E-state index in [1.807, 2.05) is 6.07 Å². The molecule has 1 rings (SSSR count). The maximum atomic E-state index is 8.40. The molecule has 0 aliphatic heterocycles. The fourth-order valence-corrected chi connectivity index (χ4v) is 0.886. The van der Waals surface area contributed by atoms with Crippen LogP contribution in [0.1, 0.15) is 1.43 Å². The van der Waals surface area contributed by atoms with Gasteiger partial charge in [0.25, 0.3) is 0 Å². The molecule has 0 radical (unpaired) electrons. The first-order valence-corrected chi connectivity index (χ1v) is 3.86. The van der Waals surface area contributed by atoms with Gasteiger partial charge in [0.15, 0.2) is 0 Å². The molecule has 0 amide bonds. The Morgan fingerprint density at radius 1 is 1.18 bits per heavy atom. The van der Waals surface area contributed by atoms with Crippen LogP contribution < -0.4 is 23.4 Å². The number of para-hydroxylation sites is 1. The zero-order valence-electron chi connectivity index (χ0n) is 7.14. The Morgan fingerprint density at radius 2 is 1.73 bits per heavy atom. The van der Waals surface area contributed by atoms with E-state index in [4.69, 9.17) is 9.79 Å².